The van der Waals surface area contributed by atoms with Gasteiger partial charge in [0, 0.05) is 5.56 Å². The number of hydrogen-bond donors (Lipinski definition) is 1. The van der Waals surface area contributed by atoms with Gasteiger partial charge in [0.2, 0.25) is 0 Å². The minimum Gasteiger partial charge on any atom is -0.389 e. The summed E-state index contributed by atoms with van der Waals surface area (Å²) in [7, 11) is 0. The first-order chi connectivity index (χ1) is 9.54. The normalized spacial score (nSPS) is 12.3. The van der Waals surface area contributed by atoms with Crippen LogP contribution >= 0.6 is 12.2 Å². The quantitative estimate of drug-likeness (QED) is 0.544. The molecule has 0 spiro atoms. The van der Waals surface area contributed by atoms with Gasteiger partial charge < -0.3 is 10.5 Å². The lowest BCUT2D eigenvalue weighted by atomic mass is 10.1. The first-order valence-electron chi connectivity index (χ1n) is 7.24. The number of halogens is 1. The lowest BCUT2D eigenvalue weighted by Crippen LogP contribution is -2.15. The fraction of sp³-hybridized carbons (Fsp3) is 0.562. The summed E-state index contributed by atoms with van der Waals surface area (Å²) in [4.78, 5) is 0.277. The molecule has 1 unspecified atom stereocenters. The first-order valence-corrected chi connectivity index (χ1v) is 7.65. The molecule has 1 aromatic rings. The maximum absolute atomic E-state index is 13.3. The van der Waals surface area contributed by atoms with Crippen molar-refractivity contribution in [1.29, 1.82) is 0 Å². The van der Waals surface area contributed by atoms with Crippen LogP contribution in [0.25, 0.3) is 0 Å². The summed E-state index contributed by atoms with van der Waals surface area (Å²) in [6.45, 7) is 4.59. The van der Waals surface area contributed by atoms with E-state index in [-0.39, 0.29) is 16.9 Å². The summed E-state index contributed by atoms with van der Waals surface area (Å²) in [5, 5.41) is 0. The zero-order valence-corrected chi connectivity index (χ0v) is 13.1. The molecule has 0 heterocycles. The molecule has 4 heteroatoms. The number of hydrogen-bond acceptors (Lipinski definition) is 2. The molecule has 112 valence electrons. The third-order valence-corrected chi connectivity index (χ3v) is 3.54. The molecule has 20 heavy (non-hydrogen) atoms. The van der Waals surface area contributed by atoms with E-state index in [4.69, 9.17) is 22.7 Å². The number of benzene rings is 1. The average molecular weight is 297 g/mol. The van der Waals surface area contributed by atoms with Gasteiger partial charge in [-0.1, -0.05) is 44.8 Å². The third-order valence-electron chi connectivity index (χ3n) is 3.32. The summed E-state index contributed by atoms with van der Waals surface area (Å²) in [6, 6.07) is 4.42. The number of thiocarbonyl (C=S) groups is 1. The Hall–Kier alpha value is -1.00. The van der Waals surface area contributed by atoms with Crippen LogP contribution in [0.1, 0.15) is 57.1 Å². The molecule has 0 aromatic heterocycles. The second-order valence-electron chi connectivity index (χ2n) is 5.14. The Labute approximate surface area is 126 Å². The van der Waals surface area contributed by atoms with Crippen LogP contribution in [0.2, 0.25) is 0 Å². The number of nitrogens with two attached hydrogens (primary N) is 1. The lowest BCUT2D eigenvalue weighted by molar-refractivity contribution is 0.0457. The number of ether oxygens (including phenoxy) is 1. The fourth-order valence-corrected chi connectivity index (χ4v) is 2.30. The van der Waals surface area contributed by atoms with E-state index in [1.165, 1.54) is 37.8 Å². The molecule has 1 atom stereocenters. The highest BCUT2D eigenvalue weighted by Gasteiger charge is 2.09. The van der Waals surface area contributed by atoms with E-state index in [9.17, 15) is 4.39 Å². The zero-order valence-electron chi connectivity index (χ0n) is 12.3. The van der Waals surface area contributed by atoms with Gasteiger partial charge in [0.05, 0.1) is 12.7 Å². The van der Waals surface area contributed by atoms with Crippen LogP contribution in [-0.2, 0) is 11.3 Å². The van der Waals surface area contributed by atoms with E-state index >= 15 is 0 Å². The van der Waals surface area contributed by atoms with Gasteiger partial charge in [-0.05, 0) is 37.1 Å². The zero-order chi connectivity index (χ0) is 15.0. The van der Waals surface area contributed by atoms with Crippen molar-refractivity contribution in [2.24, 2.45) is 5.73 Å². The molecule has 1 rings (SSSR count). The van der Waals surface area contributed by atoms with Crippen molar-refractivity contribution in [3.05, 3.63) is 35.1 Å². The fourth-order valence-electron chi connectivity index (χ4n) is 2.10. The maximum Gasteiger partial charge on any atom is 0.123 e. The Morgan fingerprint density at radius 3 is 2.75 bits per heavy atom. The lowest BCUT2D eigenvalue weighted by Gasteiger charge is -2.15. The molecule has 0 bridgehead atoms. The molecule has 0 aliphatic carbocycles. The molecule has 1 aromatic carbocycles. The Morgan fingerprint density at radius 2 is 2.10 bits per heavy atom. The second kappa shape index (κ2) is 9.03. The topological polar surface area (TPSA) is 35.2 Å². The molecule has 0 amide bonds. The van der Waals surface area contributed by atoms with Gasteiger partial charge in [-0.2, -0.15) is 0 Å². The van der Waals surface area contributed by atoms with Crippen molar-refractivity contribution < 1.29 is 9.13 Å². The Bertz CT molecular complexity index is 436. The monoisotopic (exact) mass is 297 g/mol. The van der Waals surface area contributed by atoms with Crippen LogP contribution in [0.3, 0.4) is 0 Å². The summed E-state index contributed by atoms with van der Waals surface area (Å²) >= 11 is 4.97. The van der Waals surface area contributed by atoms with E-state index in [0.717, 1.165) is 12.0 Å². The van der Waals surface area contributed by atoms with Gasteiger partial charge in [0.25, 0.3) is 0 Å². The van der Waals surface area contributed by atoms with E-state index < -0.39 is 0 Å². The standard InChI is InChI=1S/C16H24FNOS/c1-3-4-5-6-7-12(2)19-11-13-10-14(17)8-9-15(13)16(18)20/h8-10,12H,3-7,11H2,1-2H3,(H2,18,20). The van der Waals surface area contributed by atoms with Crippen molar-refractivity contribution in [2.75, 3.05) is 0 Å². The molecule has 2 nitrogen and oxygen atoms in total. The van der Waals surface area contributed by atoms with Crippen LogP contribution in [0.4, 0.5) is 4.39 Å². The molecule has 0 radical (unpaired) electrons. The first kappa shape index (κ1) is 17.1. The summed E-state index contributed by atoms with van der Waals surface area (Å²) in [5.74, 6) is -0.292. The summed E-state index contributed by atoms with van der Waals surface area (Å²) < 4.78 is 19.1. The molecule has 0 fully saturated rings. The van der Waals surface area contributed by atoms with Gasteiger partial charge >= 0.3 is 0 Å². The van der Waals surface area contributed by atoms with Gasteiger partial charge in [-0.15, -0.1) is 0 Å². The van der Waals surface area contributed by atoms with Crippen LogP contribution in [-0.4, -0.2) is 11.1 Å². The van der Waals surface area contributed by atoms with Crippen LogP contribution < -0.4 is 5.73 Å². The van der Waals surface area contributed by atoms with Gasteiger partial charge in [-0.25, -0.2) is 4.39 Å². The van der Waals surface area contributed by atoms with E-state index in [1.54, 1.807) is 6.07 Å². The van der Waals surface area contributed by atoms with Crippen molar-refractivity contribution in [1.82, 2.24) is 0 Å². The molecule has 0 aliphatic rings. The third kappa shape index (κ3) is 5.97. The summed E-state index contributed by atoms with van der Waals surface area (Å²) in [5.41, 5.74) is 7.05. The van der Waals surface area contributed by atoms with E-state index in [0.29, 0.717) is 12.2 Å². The van der Waals surface area contributed by atoms with Gasteiger partial charge in [-0.3, -0.25) is 0 Å². The maximum atomic E-state index is 13.3. The highest BCUT2D eigenvalue weighted by molar-refractivity contribution is 7.80. The van der Waals surface area contributed by atoms with Crippen molar-refractivity contribution in [3.8, 4) is 0 Å². The largest absolute Gasteiger partial charge is 0.389 e. The Kier molecular flexibility index (Phi) is 7.70. The Morgan fingerprint density at radius 1 is 1.35 bits per heavy atom. The SMILES string of the molecule is CCCCCCC(C)OCc1cc(F)ccc1C(N)=S. The average Bonchev–Trinajstić information content (AvgIpc) is 2.41. The van der Waals surface area contributed by atoms with Crippen molar-refractivity contribution >= 4 is 17.2 Å². The molecular formula is C16H24FNOS. The van der Waals surface area contributed by atoms with Gasteiger partial charge in [0.15, 0.2) is 0 Å². The minimum absolute atomic E-state index is 0.161. The molecule has 0 saturated heterocycles. The highest BCUT2D eigenvalue weighted by atomic mass is 32.1. The van der Waals surface area contributed by atoms with E-state index in [1.807, 2.05) is 6.92 Å². The smallest absolute Gasteiger partial charge is 0.123 e. The van der Waals surface area contributed by atoms with Crippen LogP contribution in [0, 0.1) is 5.82 Å². The van der Waals surface area contributed by atoms with Crippen LogP contribution in [0.15, 0.2) is 18.2 Å². The Balaban J connectivity index is 2.48. The molecule has 0 saturated carbocycles. The van der Waals surface area contributed by atoms with Crippen molar-refractivity contribution in [2.45, 2.75) is 58.7 Å². The van der Waals surface area contributed by atoms with E-state index in [2.05, 4.69) is 6.92 Å². The number of unbranched alkanes of at least 4 members (excludes halogenated alkanes) is 3. The second-order valence-corrected chi connectivity index (χ2v) is 5.58. The predicted molar refractivity (Wildman–Crippen MR) is 85.3 cm³/mol. The highest BCUT2D eigenvalue weighted by Crippen LogP contribution is 2.15. The molecule has 2 N–H and O–H groups in total. The minimum atomic E-state index is -0.292. The number of rotatable bonds is 9. The van der Waals surface area contributed by atoms with Crippen LogP contribution in [0.5, 0.6) is 0 Å². The summed E-state index contributed by atoms with van der Waals surface area (Å²) in [6.07, 6.45) is 6.09. The van der Waals surface area contributed by atoms with Gasteiger partial charge in [0.1, 0.15) is 10.8 Å². The molecular weight excluding hydrogens is 273 g/mol. The molecule has 0 aliphatic heterocycles. The predicted octanol–water partition coefficient (Wildman–Crippen LogP) is 4.34. The van der Waals surface area contributed by atoms with Crippen molar-refractivity contribution in [3.63, 3.8) is 0 Å².